The number of H-pyrrole nitrogens is 1. The van der Waals surface area contributed by atoms with Crippen LogP contribution >= 0.6 is 0 Å². The highest BCUT2D eigenvalue weighted by molar-refractivity contribution is 6.71. The number of aromatic amines is 1. The molecule has 1 nitrogen and oxygen atoms in total. The van der Waals surface area contributed by atoms with Crippen molar-refractivity contribution in [3.05, 3.63) is 109 Å². The molecule has 53 heavy (non-hydrogen) atoms. The third kappa shape index (κ3) is 5.58. The van der Waals surface area contributed by atoms with E-state index in [0.29, 0.717) is 0 Å². The van der Waals surface area contributed by atoms with Crippen LogP contribution in [0.2, 0.25) is 0 Å². The van der Waals surface area contributed by atoms with Crippen LogP contribution in [0, 0.1) is 0 Å². The summed E-state index contributed by atoms with van der Waals surface area (Å²) in [5.41, 5.74) is 22.5. The maximum atomic E-state index is 3.51. The molecule has 0 atom stereocenters. The molecule has 0 unspecified atom stereocenters. The molecule has 7 aromatic carbocycles. The third-order valence-corrected chi connectivity index (χ3v) is 12.6. The Morgan fingerprint density at radius 2 is 0.849 bits per heavy atom. The number of benzene rings is 7. The summed E-state index contributed by atoms with van der Waals surface area (Å²) in [5.74, 6) is 0. The van der Waals surface area contributed by atoms with Gasteiger partial charge in [0.2, 0.25) is 0 Å². The first-order valence-electron chi connectivity index (χ1n) is 19.1. The van der Waals surface area contributed by atoms with Gasteiger partial charge in [-0.2, -0.15) is 0 Å². The fraction of sp³-hybridized carbons (Fsp3) is 0.0909. The standard InChI is InChI=1S/C44H43B8N/c1-44(2,3)28-17-18-53-43(28)23-14-11-22(12-15-23)25-9-6-10-26(19-25)29-31-33(37(47)41(51)39(49)35(31)45)30(27-16-13-21-7-4-5-8-24(21)20-27)34-32(29)36(46)40(50)42(52)38(34)48/h4-20,53H,45-52H2,1-3H3. The van der Waals surface area contributed by atoms with Crippen molar-refractivity contribution in [1.82, 2.24) is 4.98 Å². The molecule has 0 aliphatic rings. The number of rotatable bonds is 4. The highest BCUT2D eigenvalue weighted by Crippen LogP contribution is 2.42. The van der Waals surface area contributed by atoms with Crippen LogP contribution in [-0.2, 0) is 5.41 Å². The molecule has 1 N–H and O–H groups in total. The largest absolute Gasteiger partial charge is 0.361 e. The van der Waals surface area contributed by atoms with Crippen LogP contribution in [0.1, 0.15) is 26.3 Å². The zero-order chi connectivity index (χ0) is 37.5. The van der Waals surface area contributed by atoms with Crippen molar-refractivity contribution in [3.8, 4) is 44.6 Å². The molecule has 0 fully saturated rings. The van der Waals surface area contributed by atoms with Crippen molar-refractivity contribution >= 4 is 139 Å². The van der Waals surface area contributed by atoms with Crippen LogP contribution in [0.5, 0.6) is 0 Å². The van der Waals surface area contributed by atoms with Crippen molar-refractivity contribution in [2.75, 3.05) is 0 Å². The summed E-state index contributed by atoms with van der Waals surface area (Å²) in [5, 5.41) is 8.06. The van der Waals surface area contributed by atoms with E-state index in [0.717, 1.165) is 0 Å². The van der Waals surface area contributed by atoms with Gasteiger partial charge in [-0.05, 0) is 100 Å². The predicted octanol–water partition coefficient (Wildman–Crippen LogP) is -1.49. The molecule has 8 aromatic rings. The van der Waals surface area contributed by atoms with Gasteiger partial charge in [0, 0.05) is 11.9 Å². The number of nitrogens with one attached hydrogen (secondary N) is 1. The summed E-state index contributed by atoms with van der Waals surface area (Å²) in [7, 11) is 18.6. The lowest BCUT2D eigenvalue weighted by Crippen LogP contribution is -2.50. The topological polar surface area (TPSA) is 15.8 Å². The molecular weight excluding hydrogens is 629 g/mol. The second kappa shape index (κ2) is 12.9. The summed E-state index contributed by atoms with van der Waals surface area (Å²) in [6.45, 7) is 6.83. The number of hydrogen-bond donors (Lipinski definition) is 1. The average Bonchev–Trinajstić information content (AvgIpc) is 3.68. The normalized spacial score (nSPS) is 11.9. The molecule has 0 bridgehead atoms. The lowest BCUT2D eigenvalue weighted by molar-refractivity contribution is 0.593. The van der Waals surface area contributed by atoms with Crippen molar-refractivity contribution in [1.29, 1.82) is 0 Å². The van der Waals surface area contributed by atoms with Gasteiger partial charge in [-0.15, -0.1) is 21.9 Å². The monoisotopic (exact) mass is 673 g/mol. The Hall–Kier alpha value is -4.88. The quantitative estimate of drug-likeness (QED) is 0.174. The van der Waals surface area contributed by atoms with Crippen molar-refractivity contribution < 1.29 is 0 Å². The van der Waals surface area contributed by atoms with Gasteiger partial charge in [-0.25, -0.2) is 0 Å². The molecule has 0 saturated heterocycles. The van der Waals surface area contributed by atoms with Gasteiger partial charge >= 0.3 is 0 Å². The van der Waals surface area contributed by atoms with E-state index in [4.69, 9.17) is 0 Å². The van der Waals surface area contributed by atoms with Crippen LogP contribution in [0.25, 0.3) is 77.0 Å². The van der Waals surface area contributed by atoms with Crippen molar-refractivity contribution in [3.63, 3.8) is 0 Å². The van der Waals surface area contributed by atoms with E-state index in [2.05, 4.69) is 192 Å². The molecule has 0 saturated carbocycles. The molecule has 1 heterocycles. The minimum absolute atomic E-state index is 0.0679. The number of aromatic nitrogens is 1. The van der Waals surface area contributed by atoms with Gasteiger partial charge in [0.1, 0.15) is 62.8 Å². The second-order valence-corrected chi connectivity index (χ2v) is 16.5. The minimum Gasteiger partial charge on any atom is -0.361 e. The Kier molecular flexibility index (Phi) is 8.56. The molecule has 0 radical (unpaired) electrons. The Bertz CT molecular complexity index is 2710. The third-order valence-electron chi connectivity index (χ3n) is 12.6. The highest BCUT2D eigenvalue weighted by atomic mass is 14.7. The van der Waals surface area contributed by atoms with Crippen LogP contribution in [0.4, 0.5) is 0 Å². The summed E-state index contributed by atoms with van der Waals surface area (Å²) in [6.07, 6.45) is 2.06. The predicted molar refractivity (Wildman–Crippen MR) is 259 cm³/mol. The lowest BCUT2D eigenvalue weighted by atomic mass is 9.59. The van der Waals surface area contributed by atoms with Crippen LogP contribution in [0.3, 0.4) is 0 Å². The van der Waals surface area contributed by atoms with E-state index in [-0.39, 0.29) is 5.41 Å². The lowest BCUT2D eigenvalue weighted by Gasteiger charge is -2.28. The Morgan fingerprint density at radius 1 is 0.396 bits per heavy atom. The first kappa shape index (κ1) is 35.2. The summed E-state index contributed by atoms with van der Waals surface area (Å²) in [4.78, 5) is 3.51. The SMILES string of the molecule is Bc1c(B)c(B)c2c(-c3ccc4ccccc4c3)c3c(B)c(B)c(B)c(B)c3c(-c3cccc(-c4ccc(-c5[nH]ccc5C(C)(C)C)cc4)c3)c2c1B. The fourth-order valence-corrected chi connectivity index (χ4v) is 8.96. The molecular formula is C44H43B8N. The average molecular weight is 672 g/mol. The van der Waals surface area contributed by atoms with E-state index in [1.807, 2.05) is 0 Å². The first-order chi connectivity index (χ1) is 25.3. The van der Waals surface area contributed by atoms with Gasteiger partial charge in [-0.1, -0.05) is 121 Å². The molecule has 0 aliphatic heterocycles. The van der Waals surface area contributed by atoms with Crippen LogP contribution < -0.4 is 43.7 Å². The number of fused-ring (bicyclic) bond motifs is 3. The van der Waals surface area contributed by atoms with Gasteiger partial charge in [-0.3, -0.25) is 0 Å². The second-order valence-electron chi connectivity index (χ2n) is 16.5. The Balaban J connectivity index is 1.45. The smallest absolute Gasteiger partial charge is 0.139 e. The highest BCUT2D eigenvalue weighted by Gasteiger charge is 2.25. The van der Waals surface area contributed by atoms with Gasteiger partial charge in [0.15, 0.2) is 0 Å². The van der Waals surface area contributed by atoms with Crippen molar-refractivity contribution in [2.24, 2.45) is 0 Å². The van der Waals surface area contributed by atoms with E-state index in [9.17, 15) is 0 Å². The molecule has 8 rings (SSSR count). The maximum Gasteiger partial charge on any atom is 0.139 e. The van der Waals surface area contributed by atoms with Gasteiger partial charge in [0.25, 0.3) is 0 Å². The van der Waals surface area contributed by atoms with Crippen LogP contribution in [-0.4, -0.2) is 67.8 Å². The van der Waals surface area contributed by atoms with Gasteiger partial charge < -0.3 is 4.98 Å². The molecule has 0 spiro atoms. The Labute approximate surface area is 322 Å². The number of hydrogen-bond acceptors (Lipinski definition) is 0. The van der Waals surface area contributed by atoms with E-state index in [1.54, 1.807) is 0 Å². The maximum absolute atomic E-state index is 3.51. The fourth-order valence-electron chi connectivity index (χ4n) is 8.96. The minimum atomic E-state index is 0.0679. The zero-order valence-electron chi connectivity index (χ0n) is 33.3. The van der Waals surface area contributed by atoms with E-state index < -0.39 is 0 Å². The summed E-state index contributed by atoms with van der Waals surface area (Å²) < 4.78 is 0. The molecule has 0 amide bonds. The molecule has 248 valence electrons. The van der Waals surface area contributed by atoms with E-state index >= 15 is 0 Å². The molecule has 0 aliphatic carbocycles. The first-order valence-corrected chi connectivity index (χ1v) is 19.1. The molecule has 1 aromatic heterocycles. The molecule has 9 heteroatoms. The van der Waals surface area contributed by atoms with Gasteiger partial charge in [0.05, 0.1) is 0 Å². The van der Waals surface area contributed by atoms with Crippen molar-refractivity contribution in [2.45, 2.75) is 26.2 Å². The Morgan fingerprint density at radius 3 is 1.38 bits per heavy atom. The zero-order valence-corrected chi connectivity index (χ0v) is 33.3. The van der Waals surface area contributed by atoms with Crippen LogP contribution in [0.15, 0.2) is 103 Å². The summed E-state index contributed by atoms with van der Waals surface area (Å²) in [6, 6.07) is 36.4. The summed E-state index contributed by atoms with van der Waals surface area (Å²) >= 11 is 0. The van der Waals surface area contributed by atoms with E-state index in [1.165, 1.54) is 126 Å².